The van der Waals surface area contributed by atoms with E-state index in [1.165, 1.54) is 0 Å². The van der Waals surface area contributed by atoms with Crippen LogP contribution in [-0.4, -0.2) is 39.3 Å². The van der Waals surface area contributed by atoms with Gasteiger partial charge in [0.05, 0.1) is 11.3 Å². The first-order valence-corrected chi connectivity index (χ1v) is 7.38. The number of pyridine rings is 1. The van der Waals surface area contributed by atoms with E-state index in [4.69, 9.17) is 0 Å². The zero-order chi connectivity index (χ0) is 15.0. The van der Waals surface area contributed by atoms with Gasteiger partial charge in [0, 0.05) is 30.7 Å². The SMILES string of the molecule is Cc1nn(C)c2ncc(C(=O)NC3CCNC(C)C3)cc12. The molecule has 0 bridgehead atoms. The van der Waals surface area contributed by atoms with Gasteiger partial charge in [0.1, 0.15) is 0 Å². The average molecular weight is 287 g/mol. The van der Waals surface area contributed by atoms with Crippen molar-refractivity contribution in [3.8, 4) is 0 Å². The molecule has 1 aliphatic heterocycles. The molecule has 1 amide bonds. The molecule has 0 radical (unpaired) electrons. The Hall–Kier alpha value is -1.95. The number of aryl methyl sites for hydroxylation is 2. The summed E-state index contributed by atoms with van der Waals surface area (Å²) in [7, 11) is 1.86. The van der Waals surface area contributed by atoms with Gasteiger partial charge in [0.2, 0.25) is 0 Å². The first kappa shape index (κ1) is 14.0. The summed E-state index contributed by atoms with van der Waals surface area (Å²) < 4.78 is 1.74. The van der Waals surface area contributed by atoms with Crippen LogP contribution in [0.5, 0.6) is 0 Å². The minimum atomic E-state index is -0.0493. The van der Waals surface area contributed by atoms with Crippen molar-refractivity contribution in [2.45, 2.75) is 38.8 Å². The Balaban J connectivity index is 1.79. The number of nitrogens with one attached hydrogen (secondary N) is 2. The summed E-state index contributed by atoms with van der Waals surface area (Å²) in [6.45, 7) is 5.02. The Morgan fingerprint density at radius 1 is 1.52 bits per heavy atom. The smallest absolute Gasteiger partial charge is 0.253 e. The summed E-state index contributed by atoms with van der Waals surface area (Å²) >= 11 is 0. The molecule has 6 heteroatoms. The van der Waals surface area contributed by atoms with E-state index in [-0.39, 0.29) is 11.9 Å². The van der Waals surface area contributed by atoms with Crippen molar-refractivity contribution in [1.29, 1.82) is 0 Å². The van der Waals surface area contributed by atoms with Crippen LogP contribution in [0.15, 0.2) is 12.3 Å². The quantitative estimate of drug-likeness (QED) is 0.869. The number of fused-ring (bicyclic) bond motifs is 1. The van der Waals surface area contributed by atoms with Crippen molar-refractivity contribution in [3.63, 3.8) is 0 Å². The predicted octanol–water partition coefficient (Wildman–Crippen LogP) is 1.15. The number of hydrogen-bond acceptors (Lipinski definition) is 4. The Kier molecular flexibility index (Phi) is 3.63. The monoisotopic (exact) mass is 287 g/mol. The molecular weight excluding hydrogens is 266 g/mol. The predicted molar refractivity (Wildman–Crippen MR) is 81.2 cm³/mol. The largest absolute Gasteiger partial charge is 0.349 e. The average Bonchev–Trinajstić information content (AvgIpc) is 2.73. The maximum Gasteiger partial charge on any atom is 0.253 e. The Morgan fingerprint density at radius 3 is 3.10 bits per heavy atom. The van der Waals surface area contributed by atoms with Gasteiger partial charge >= 0.3 is 0 Å². The maximum absolute atomic E-state index is 12.4. The lowest BCUT2D eigenvalue weighted by Crippen LogP contribution is -2.46. The minimum Gasteiger partial charge on any atom is -0.349 e. The van der Waals surface area contributed by atoms with Gasteiger partial charge < -0.3 is 10.6 Å². The standard InChI is InChI=1S/C15H21N5O/c1-9-6-12(4-5-16-9)18-15(21)11-7-13-10(2)19-20(3)14(13)17-8-11/h7-9,12,16H,4-6H2,1-3H3,(H,18,21). The number of rotatable bonds is 2. The fourth-order valence-electron chi connectivity index (χ4n) is 2.96. The highest BCUT2D eigenvalue weighted by Gasteiger charge is 2.21. The van der Waals surface area contributed by atoms with Gasteiger partial charge in [-0.25, -0.2) is 4.98 Å². The molecule has 2 unspecified atom stereocenters. The second kappa shape index (κ2) is 5.44. The number of piperidine rings is 1. The third-order valence-electron chi connectivity index (χ3n) is 4.08. The second-order valence-corrected chi connectivity index (χ2v) is 5.85. The fourth-order valence-corrected chi connectivity index (χ4v) is 2.96. The summed E-state index contributed by atoms with van der Waals surface area (Å²) in [5.41, 5.74) is 2.30. The van der Waals surface area contributed by atoms with Crippen molar-refractivity contribution in [1.82, 2.24) is 25.4 Å². The van der Waals surface area contributed by atoms with E-state index in [0.717, 1.165) is 36.1 Å². The van der Waals surface area contributed by atoms with Gasteiger partial charge in [-0.15, -0.1) is 0 Å². The van der Waals surface area contributed by atoms with Crippen LogP contribution in [0.25, 0.3) is 11.0 Å². The van der Waals surface area contributed by atoms with Crippen molar-refractivity contribution >= 4 is 16.9 Å². The summed E-state index contributed by atoms with van der Waals surface area (Å²) in [5.74, 6) is -0.0493. The van der Waals surface area contributed by atoms with Crippen molar-refractivity contribution in [2.24, 2.45) is 7.05 Å². The van der Waals surface area contributed by atoms with Crippen LogP contribution in [0, 0.1) is 6.92 Å². The molecule has 112 valence electrons. The van der Waals surface area contributed by atoms with Crippen LogP contribution in [0.1, 0.15) is 35.8 Å². The van der Waals surface area contributed by atoms with Crippen LogP contribution in [0.3, 0.4) is 0 Å². The number of hydrogen-bond donors (Lipinski definition) is 2. The maximum atomic E-state index is 12.4. The molecule has 2 aromatic heterocycles. The van der Waals surface area contributed by atoms with Crippen LogP contribution in [0.2, 0.25) is 0 Å². The molecule has 2 aromatic rings. The van der Waals surface area contributed by atoms with Crippen molar-refractivity contribution in [2.75, 3.05) is 6.54 Å². The molecule has 1 fully saturated rings. The lowest BCUT2D eigenvalue weighted by Gasteiger charge is -2.28. The topological polar surface area (TPSA) is 71.8 Å². The lowest BCUT2D eigenvalue weighted by atomic mass is 10.0. The molecule has 2 atom stereocenters. The van der Waals surface area contributed by atoms with E-state index in [0.29, 0.717) is 11.6 Å². The fraction of sp³-hybridized carbons (Fsp3) is 0.533. The zero-order valence-electron chi connectivity index (χ0n) is 12.7. The van der Waals surface area contributed by atoms with Crippen LogP contribution in [0.4, 0.5) is 0 Å². The molecule has 0 spiro atoms. The number of carbonyl (C=O) groups excluding carboxylic acids is 1. The summed E-state index contributed by atoms with van der Waals surface area (Å²) in [6.07, 6.45) is 3.56. The van der Waals surface area contributed by atoms with Gasteiger partial charge in [-0.1, -0.05) is 0 Å². The number of carbonyl (C=O) groups is 1. The highest BCUT2D eigenvalue weighted by Crippen LogP contribution is 2.17. The normalized spacial score (nSPS) is 22.4. The summed E-state index contributed by atoms with van der Waals surface area (Å²) in [5, 5.41) is 11.8. The van der Waals surface area contributed by atoms with E-state index in [1.54, 1.807) is 10.9 Å². The van der Waals surface area contributed by atoms with E-state index in [2.05, 4.69) is 27.6 Å². The first-order valence-electron chi connectivity index (χ1n) is 7.38. The van der Waals surface area contributed by atoms with Crippen LogP contribution >= 0.6 is 0 Å². The third kappa shape index (κ3) is 2.76. The van der Waals surface area contributed by atoms with Crippen molar-refractivity contribution < 1.29 is 4.79 Å². The van der Waals surface area contributed by atoms with Crippen molar-refractivity contribution in [3.05, 3.63) is 23.5 Å². The number of aromatic nitrogens is 3. The van der Waals surface area contributed by atoms with E-state index < -0.39 is 0 Å². The number of amides is 1. The molecule has 0 saturated carbocycles. The molecule has 1 aliphatic rings. The first-order chi connectivity index (χ1) is 10.0. The lowest BCUT2D eigenvalue weighted by molar-refractivity contribution is 0.0925. The summed E-state index contributed by atoms with van der Waals surface area (Å²) in [4.78, 5) is 16.7. The molecule has 1 saturated heterocycles. The second-order valence-electron chi connectivity index (χ2n) is 5.85. The van der Waals surface area contributed by atoms with Gasteiger partial charge in [0.25, 0.3) is 5.91 Å². The van der Waals surface area contributed by atoms with E-state index in [1.807, 2.05) is 20.0 Å². The van der Waals surface area contributed by atoms with Gasteiger partial charge in [0.15, 0.2) is 5.65 Å². The van der Waals surface area contributed by atoms with Crippen LogP contribution < -0.4 is 10.6 Å². The Labute approximate surface area is 123 Å². The molecular formula is C15H21N5O. The highest BCUT2D eigenvalue weighted by atomic mass is 16.1. The number of nitrogens with zero attached hydrogens (tertiary/aromatic N) is 3. The Morgan fingerprint density at radius 2 is 2.33 bits per heavy atom. The molecule has 3 rings (SSSR count). The molecule has 21 heavy (non-hydrogen) atoms. The van der Waals surface area contributed by atoms with Gasteiger partial charge in [-0.3, -0.25) is 9.48 Å². The summed E-state index contributed by atoms with van der Waals surface area (Å²) in [6, 6.07) is 2.56. The molecule has 2 N–H and O–H groups in total. The molecule has 0 aliphatic carbocycles. The molecule has 6 nitrogen and oxygen atoms in total. The van der Waals surface area contributed by atoms with Gasteiger partial charge in [-0.05, 0) is 39.3 Å². The minimum absolute atomic E-state index is 0.0493. The van der Waals surface area contributed by atoms with E-state index >= 15 is 0 Å². The zero-order valence-corrected chi connectivity index (χ0v) is 12.7. The molecule has 3 heterocycles. The van der Waals surface area contributed by atoms with Gasteiger partial charge in [-0.2, -0.15) is 5.10 Å². The molecule has 0 aromatic carbocycles. The third-order valence-corrected chi connectivity index (χ3v) is 4.08. The van der Waals surface area contributed by atoms with Crippen LogP contribution in [-0.2, 0) is 7.05 Å². The van der Waals surface area contributed by atoms with E-state index in [9.17, 15) is 4.79 Å². The Bertz CT molecular complexity index is 678. The highest BCUT2D eigenvalue weighted by molar-refractivity contribution is 5.97.